The van der Waals surface area contributed by atoms with Crippen LogP contribution in [0, 0.1) is 11.3 Å². The van der Waals surface area contributed by atoms with Crippen molar-refractivity contribution in [2.24, 2.45) is 5.10 Å². The highest BCUT2D eigenvalue weighted by atomic mass is 16.5. The van der Waals surface area contributed by atoms with E-state index in [2.05, 4.69) is 20.5 Å². The Kier molecular flexibility index (Phi) is 6.05. The molecule has 0 atom stereocenters. The van der Waals surface area contributed by atoms with E-state index in [1.165, 1.54) is 0 Å². The first-order valence-corrected chi connectivity index (χ1v) is 9.81. The highest BCUT2D eigenvalue weighted by Gasteiger charge is 2.12. The summed E-state index contributed by atoms with van der Waals surface area (Å²) in [6.07, 6.45) is 1.62. The lowest BCUT2D eigenvalue weighted by molar-refractivity contribution is 0.415. The molecule has 1 heterocycles. The normalized spacial score (nSPS) is 10.6. The van der Waals surface area contributed by atoms with Crippen LogP contribution in [0.3, 0.4) is 0 Å². The van der Waals surface area contributed by atoms with Gasteiger partial charge in [-0.25, -0.2) is 10.4 Å². The number of H-pyrrole nitrogens is 1. The minimum atomic E-state index is -0.526. The van der Waals surface area contributed by atoms with E-state index < -0.39 is 5.56 Å². The molecule has 0 aliphatic heterocycles. The van der Waals surface area contributed by atoms with E-state index in [-0.39, 0.29) is 11.5 Å². The zero-order valence-electron chi connectivity index (χ0n) is 17.2. The first-order valence-electron chi connectivity index (χ1n) is 9.81. The fourth-order valence-corrected chi connectivity index (χ4v) is 3.17. The lowest BCUT2D eigenvalue weighted by Crippen LogP contribution is -2.16. The number of nitrogens with one attached hydrogen (secondary N) is 2. The average Bonchev–Trinajstić information content (AvgIpc) is 2.85. The van der Waals surface area contributed by atoms with Gasteiger partial charge in [0, 0.05) is 5.56 Å². The molecule has 7 heteroatoms. The van der Waals surface area contributed by atoms with Gasteiger partial charge in [0.25, 0.3) is 5.56 Å². The van der Waals surface area contributed by atoms with Crippen LogP contribution in [0.4, 0.5) is 5.95 Å². The van der Waals surface area contributed by atoms with E-state index >= 15 is 0 Å². The number of benzene rings is 3. The third-order valence-corrected chi connectivity index (χ3v) is 4.78. The summed E-state index contributed by atoms with van der Waals surface area (Å²) in [5.41, 5.74) is 6.12. The molecular formula is C25H19N5O2. The van der Waals surface area contributed by atoms with Gasteiger partial charge in [0.2, 0.25) is 5.95 Å². The van der Waals surface area contributed by atoms with Crippen molar-refractivity contribution < 1.29 is 4.74 Å². The summed E-state index contributed by atoms with van der Waals surface area (Å²) in [4.78, 5) is 19.2. The average molecular weight is 421 g/mol. The lowest BCUT2D eigenvalue weighted by Gasteiger charge is -2.06. The van der Waals surface area contributed by atoms with Gasteiger partial charge in [-0.3, -0.25) is 9.78 Å². The number of hydrogen-bond acceptors (Lipinski definition) is 6. The first-order chi connectivity index (χ1) is 15.7. The molecule has 0 bridgehead atoms. The van der Waals surface area contributed by atoms with Crippen LogP contribution in [-0.2, 0) is 0 Å². The van der Waals surface area contributed by atoms with Crippen molar-refractivity contribution in [1.29, 1.82) is 5.26 Å². The highest BCUT2D eigenvalue weighted by molar-refractivity contribution is 5.81. The number of anilines is 1. The molecular weight excluding hydrogens is 402 g/mol. The number of methoxy groups -OCH3 is 1. The Balaban J connectivity index is 1.52. The van der Waals surface area contributed by atoms with Gasteiger partial charge in [-0.2, -0.15) is 10.4 Å². The van der Waals surface area contributed by atoms with Gasteiger partial charge in [0.05, 0.1) is 19.0 Å². The van der Waals surface area contributed by atoms with Crippen LogP contribution in [0.2, 0.25) is 0 Å². The Morgan fingerprint density at radius 1 is 1.00 bits per heavy atom. The second-order valence-electron chi connectivity index (χ2n) is 6.84. The monoisotopic (exact) mass is 421 g/mol. The summed E-state index contributed by atoms with van der Waals surface area (Å²) in [5.74, 6) is 0.952. The molecule has 2 N–H and O–H groups in total. The summed E-state index contributed by atoms with van der Waals surface area (Å²) in [5, 5.41) is 13.5. The van der Waals surface area contributed by atoms with Crippen molar-refractivity contribution in [2.75, 3.05) is 12.5 Å². The number of ether oxygens (including phenoxy) is 1. The topological polar surface area (TPSA) is 103 Å². The van der Waals surface area contributed by atoms with Gasteiger partial charge in [-0.15, -0.1) is 0 Å². The van der Waals surface area contributed by atoms with E-state index in [0.717, 1.165) is 22.4 Å². The molecule has 156 valence electrons. The van der Waals surface area contributed by atoms with Crippen LogP contribution >= 0.6 is 0 Å². The third kappa shape index (κ3) is 4.55. The van der Waals surface area contributed by atoms with Crippen LogP contribution in [0.1, 0.15) is 11.1 Å². The fourth-order valence-electron chi connectivity index (χ4n) is 3.17. The second kappa shape index (κ2) is 9.41. The Labute approximate surface area is 184 Å². The zero-order chi connectivity index (χ0) is 22.3. The predicted octanol–water partition coefficient (Wildman–Crippen LogP) is 4.43. The van der Waals surface area contributed by atoms with Crippen LogP contribution in [0.5, 0.6) is 5.75 Å². The SMILES string of the molecule is COc1cccc(-c2ccc(C=NNc3nc(-c4ccccc4)c(C#N)c(=O)[nH]3)cc2)c1. The zero-order valence-corrected chi connectivity index (χ0v) is 17.2. The predicted molar refractivity (Wildman–Crippen MR) is 125 cm³/mol. The van der Waals surface area contributed by atoms with Gasteiger partial charge in [-0.1, -0.05) is 66.7 Å². The maximum Gasteiger partial charge on any atom is 0.270 e. The van der Waals surface area contributed by atoms with Gasteiger partial charge < -0.3 is 4.74 Å². The molecule has 3 aromatic carbocycles. The number of aromatic nitrogens is 2. The number of hydrogen-bond donors (Lipinski definition) is 2. The maximum atomic E-state index is 12.3. The number of aromatic amines is 1. The summed E-state index contributed by atoms with van der Waals surface area (Å²) < 4.78 is 5.28. The second-order valence-corrected chi connectivity index (χ2v) is 6.84. The fraction of sp³-hybridized carbons (Fsp3) is 0.0400. The number of nitrogens with zero attached hydrogens (tertiary/aromatic N) is 3. The Hall–Kier alpha value is -4.70. The van der Waals surface area contributed by atoms with Crippen molar-refractivity contribution >= 4 is 12.2 Å². The van der Waals surface area contributed by atoms with Crippen LogP contribution in [-0.4, -0.2) is 23.3 Å². The summed E-state index contributed by atoms with van der Waals surface area (Å²) in [6.45, 7) is 0. The van der Waals surface area contributed by atoms with E-state index in [9.17, 15) is 10.1 Å². The molecule has 0 unspecified atom stereocenters. The lowest BCUT2D eigenvalue weighted by atomic mass is 10.0. The van der Waals surface area contributed by atoms with Gasteiger partial charge >= 0.3 is 0 Å². The smallest absolute Gasteiger partial charge is 0.270 e. The molecule has 0 fully saturated rings. The molecule has 0 saturated carbocycles. The van der Waals surface area contributed by atoms with Crippen molar-refractivity contribution in [3.8, 4) is 34.2 Å². The highest BCUT2D eigenvalue weighted by Crippen LogP contribution is 2.24. The van der Waals surface area contributed by atoms with E-state index in [1.807, 2.05) is 72.8 Å². The number of nitriles is 1. The van der Waals surface area contributed by atoms with Crippen LogP contribution in [0.15, 0.2) is 88.8 Å². The molecule has 7 nitrogen and oxygen atoms in total. The molecule has 4 aromatic rings. The Morgan fingerprint density at radius 2 is 1.75 bits per heavy atom. The summed E-state index contributed by atoms with van der Waals surface area (Å²) >= 11 is 0. The Morgan fingerprint density at radius 3 is 2.47 bits per heavy atom. The molecule has 0 aliphatic carbocycles. The number of rotatable bonds is 6. The van der Waals surface area contributed by atoms with Crippen LogP contribution < -0.4 is 15.7 Å². The molecule has 32 heavy (non-hydrogen) atoms. The first kappa shape index (κ1) is 20.6. The summed E-state index contributed by atoms with van der Waals surface area (Å²) in [6, 6.07) is 26.7. The summed E-state index contributed by atoms with van der Waals surface area (Å²) in [7, 11) is 1.64. The molecule has 0 saturated heterocycles. The van der Waals surface area contributed by atoms with Gasteiger partial charge in [-0.05, 0) is 28.8 Å². The van der Waals surface area contributed by atoms with Gasteiger partial charge in [0.15, 0.2) is 0 Å². The van der Waals surface area contributed by atoms with Crippen molar-refractivity contribution in [2.45, 2.75) is 0 Å². The molecule has 1 aromatic heterocycles. The minimum absolute atomic E-state index is 0.0427. The molecule has 0 spiro atoms. The van der Waals surface area contributed by atoms with Crippen molar-refractivity contribution in [3.63, 3.8) is 0 Å². The standard InChI is InChI=1S/C25H19N5O2/c1-32-21-9-5-8-20(14-21)18-12-10-17(11-13-18)16-27-30-25-28-23(19-6-3-2-4-7-19)22(15-26)24(31)29-25/h2-14,16H,1H3,(H2,28,29,30,31). The Bertz CT molecular complexity index is 1350. The maximum absolute atomic E-state index is 12.3. The van der Waals surface area contributed by atoms with Crippen LogP contribution in [0.25, 0.3) is 22.4 Å². The van der Waals surface area contributed by atoms with Gasteiger partial charge in [0.1, 0.15) is 17.4 Å². The van der Waals surface area contributed by atoms with E-state index in [1.54, 1.807) is 25.5 Å². The largest absolute Gasteiger partial charge is 0.497 e. The molecule has 0 amide bonds. The quantitative estimate of drug-likeness (QED) is 0.354. The molecule has 0 radical (unpaired) electrons. The van der Waals surface area contributed by atoms with Crippen molar-refractivity contribution in [3.05, 3.63) is 100 Å². The molecule has 0 aliphatic rings. The van der Waals surface area contributed by atoms with E-state index in [0.29, 0.717) is 11.3 Å². The minimum Gasteiger partial charge on any atom is -0.497 e. The number of hydrazone groups is 1. The van der Waals surface area contributed by atoms with E-state index in [4.69, 9.17) is 4.74 Å². The molecule has 4 rings (SSSR count). The van der Waals surface area contributed by atoms with Crippen molar-refractivity contribution in [1.82, 2.24) is 9.97 Å². The third-order valence-electron chi connectivity index (χ3n) is 4.78.